The summed E-state index contributed by atoms with van der Waals surface area (Å²) in [4.78, 5) is 18.2. The van der Waals surface area contributed by atoms with Crippen LogP contribution in [0.2, 0.25) is 5.02 Å². The Labute approximate surface area is 130 Å². The van der Waals surface area contributed by atoms with Crippen LogP contribution in [-0.4, -0.2) is 41.0 Å². The molecular weight excluding hydrogens is 290 g/mol. The second-order valence-electron chi connectivity index (χ2n) is 5.38. The Balaban J connectivity index is 1.91. The quantitative estimate of drug-likeness (QED) is 0.905. The highest BCUT2D eigenvalue weighted by atomic mass is 35.5. The summed E-state index contributed by atoms with van der Waals surface area (Å²) in [7, 11) is 0. The van der Waals surface area contributed by atoms with Gasteiger partial charge in [0.25, 0.3) is 0 Å². The Morgan fingerprint density at radius 3 is 3.10 bits per heavy atom. The number of carbonyl (C=O) groups is 1. The highest BCUT2D eigenvalue weighted by Crippen LogP contribution is 2.19. The fourth-order valence-electron chi connectivity index (χ4n) is 2.51. The van der Waals surface area contributed by atoms with Crippen LogP contribution in [0, 0.1) is 0 Å². The minimum atomic E-state index is -0.401. The van der Waals surface area contributed by atoms with Gasteiger partial charge in [0.05, 0.1) is 17.6 Å². The third kappa shape index (κ3) is 4.58. The standard InChI is InChI=1S/C15H22ClN3O2/c1-2-4-13(17)15(20)19-8-3-5-12(10-19)21-14-7-6-11(16)9-18-14/h6-7,9,12-13H,2-5,8,10,17H2,1H3/t12-,13-/m0/s1. The van der Waals surface area contributed by atoms with Gasteiger partial charge in [-0.25, -0.2) is 4.98 Å². The molecule has 1 amide bonds. The first kappa shape index (κ1) is 16.0. The lowest BCUT2D eigenvalue weighted by Crippen LogP contribution is -2.50. The third-order valence-corrected chi connectivity index (χ3v) is 3.82. The van der Waals surface area contributed by atoms with E-state index in [1.807, 2.05) is 11.8 Å². The summed E-state index contributed by atoms with van der Waals surface area (Å²) in [5.74, 6) is 0.561. The molecule has 0 aliphatic carbocycles. The molecule has 0 radical (unpaired) electrons. The van der Waals surface area contributed by atoms with Gasteiger partial charge in [-0.1, -0.05) is 24.9 Å². The molecule has 1 aromatic heterocycles. The molecule has 2 atom stereocenters. The number of hydrogen-bond acceptors (Lipinski definition) is 4. The average molecular weight is 312 g/mol. The molecule has 1 fully saturated rings. The molecule has 0 spiro atoms. The van der Waals surface area contributed by atoms with Crippen molar-refractivity contribution in [3.63, 3.8) is 0 Å². The molecule has 2 heterocycles. The number of hydrogen-bond donors (Lipinski definition) is 1. The maximum atomic E-state index is 12.2. The van der Waals surface area contributed by atoms with Crippen LogP contribution < -0.4 is 10.5 Å². The number of amides is 1. The van der Waals surface area contributed by atoms with E-state index < -0.39 is 6.04 Å². The number of rotatable bonds is 5. The number of likely N-dealkylation sites (tertiary alicyclic amines) is 1. The summed E-state index contributed by atoms with van der Waals surface area (Å²) >= 11 is 5.80. The molecular formula is C15H22ClN3O2. The number of nitrogens with zero attached hydrogens (tertiary/aromatic N) is 2. The van der Waals surface area contributed by atoms with Crippen molar-refractivity contribution in [2.24, 2.45) is 5.73 Å². The van der Waals surface area contributed by atoms with Crippen LogP contribution in [-0.2, 0) is 4.79 Å². The lowest BCUT2D eigenvalue weighted by atomic mass is 10.1. The first-order valence-corrected chi connectivity index (χ1v) is 7.80. The molecule has 0 saturated carbocycles. The van der Waals surface area contributed by atoms with Crippen LogP contribution in [0.25, 0.3) is 0 Å². The van der Waals surface area contributed by atoms with Crippen molar-refractivity contribution in [1.29, 1.82) is 0 Å². The minimum Gasteiger partial charge on any atom is -0.472 e. The summed E-state index contributed by atoms with van der Waals surface area (Å²) in [5.41, 5.74) is 5.91. The third-order valence-electron chi connectivity index (χ3n) is 3.59. The van der Waals surface area contributed by atoms with Crippen LogP contribution in [0.15, 0.2) is 18.3 Å². The van der Waals surface area contributed by atoms with Crippen LogP contribution in [0.5, 0.6) is 5.88 Å². The molecule has 1 aliphatic rings. The van der Waals surface area contributed by atoms with E-state index in [9.17, 15) is 4.79 Å². The van der Waals surface area contributed by atoms with Gasteiger partial charge in [0.15, 0.2) is 0 Å². The van der Waals surface area contributed by atoms with Gasteiger partial charge in [0.2, 0.25) is 11.8 Å². The van der Waals surface area contributed by atoms with Gasteiger partial charge in [-0.3, -0.25) is 4.79 Å². The van der Waals surface area contributed by atoms with Crippen molar-refractivity contribution < 1.29 is 9.53 Å². The number of halogens is 1. The van der Waals surface area contributed by atoms with E-state index in [1.54, 1.807) is 18.3 Å². The molecule has 6 heteroatoms. The monoisotopic (exact) mass is 311 g/mol. The maximum absolute atomic E-state index is 12.2. The molecule has 2 N–H and O–H groups in total. The fraction of sp³-hybridized carbons (Fsp3) is 0.600. The highest BCUT2D eigenvalue weighted by molar-refractivity contribution is 6.30. The van der Waals surface area contributed by atoms with E-state index in [0.717, 1.165) is 32.2 Å². The van der Waals surface area contributed by atoms with Crippen molar-refractivity contribution in [3.8, 4) is 5.88 Å². The normalized spacial score (nSPS) is 20.1. The second kappa shape index (κ2) is 7.61. The summed E-state index contributed by atoms with van der Waals surface area (Å²) in [6.45, 7) is 3.35. The Morgan fingerprint density at radius 1 is 1.62 bits per heavy atom. The summed E-state index contributed by atoms with van der Waals surface area (Å²) in [6.07, 6.45) is 4.99. The fourth-order valence-corrected chi connectivity index (χ4v) is 2.62. The average Bonchev–Trinajstić information content (AvgIpc) is 2.49. The number of piperidine rings is 1. The van der Waals surface area contributed by atoms with Crippen LogP contribution in [0.1, 0.15) is 32.6 Å². The second-order valence-corrected chi connectivity index (χ2v) is 5.81. The van der Waals surface area contributed by atoms with Crippen molar-refractivity contribution in [3.05, 3.63) is 23.4 Å². The molecule has 21 heavy (non-hydrogen) atoms. The number of ether oxygens (including phenoxy) is 1. The van der Waals surface area contributed by atoms with Crippen LogP contribution in [0.4, 0.5) is 0 Å². The van der Waals surface area contributed by atoms with E-state index in [4.69, 9.17) is 22.1 Å². The number of carbonyl (C=O) groups excluding carboxylic acids is 1. The molecule has 116 valence electrons. The van der Waals surface area contributed by atoms with E-state index in [-0.39, 0.29) is 12.0 Å². The molecule has 2 rings (SSSR count). The van der Waals surface area contributed by atoms with E-state index in [0.29, 0.717) is 17.4 Å². The van der Waals surface area contributed by atoms with Crippen LogP contribution >= 0.6 is 11.6 Å². The van der Waals surface area contributed by atoms with Gasteiger partial charge >= 0.3 is 0 Å². The first-order chi connectivity index (χ1) is 10.1. The molecule has 1 aromatic rings. The van der Waals surface area contributed by atoms with Gasteiger partial charge in [-0.15, -0.1) is 0 Å². The molecule has 1 saturated heterocycles. The zero-order chi connectivity index (χ0) is 15.2. The largest absolute Gasteiger partial charge is 0.472 e. The Bertz CT molecular complexity index is 466. The lowest BCUT2D eigenvalue weighted by Gasteiger charge is -2.34. The minimum absolute atomic E-state index is 0.0224. The van der Waals surface area contributed by atoms with Gasteiger partial charge < -0.3 is 15.4 Å². The summed E-state index contributed by atoms with van der Waals surface area (Å²) in [5, 5.41) is 0.577. The van der Waals surface area contributed by atoms with E-state index in [1.165, 1.54) is 0 Å². The number of nitrogens with two attached hydrogens (primary N) is 1. The van der Waals surface area contributed by atoms with Gasteiger partial charge in [-0.05, 0) is 25.3 Å². The van der Waals surface area contributed by atoms with E-state index >= 15 is 0 Å². The van der Waals surface area contributed by atoms with Crippen molar-refractivity contribution in [1.82, 2.24) is 9.88 Å². The van der Waals surface area contributed by atoms with Crippen molar-refractivity contribution in [2.45, 2.75) is 44.8 Å². The van der Waals surface area contributed by atoms with Crippen LogP contribution in [0.3, 0.4) is 0 Å². The van der Waals surface area contributed by atoms with Gasteiger partial charge in [0.1, 0.15) is 6.10 Å². The first-order valence-electron chi connectivity index (χ1n) is 7.42. The summed E-state index contributed by atoms with van der Waals surface area (Å²) in [6, 6.07) is 3.08. The number of aromatic nitrogens is 1. The molecule has 0 aromatic carbocycles. The van der Waals surface area contributed by atoms with Gasteiger partial charge in [-0.2, -0.15) is 0 Å². The maximum Gasteiger partial charge on any atom is 0.239 e. The molecule has 1 aliphatic heterocycles. The van der Waals surface area contributed by atoms with Crippen molar-refractivity contribution >= 4 is 17.5 Å². The lowest BCUT2D eigenvalue weighted by molar-refractivity contribution is -0.135. The smallest absolute Gasteiger partial charge is 0.239 e. The molecule has 0 bridgehead atoms. The zero-order valence-corrected chi connectivity index (χ0v) is 13.1. The molecule has 0 unspecified atom stereocenters. The van der Waals surface area contributed by atoms with E-state index in [2.05, 4.69) is 4.98 Å². The Kier molecular flexibility index (Phi) is 5.82. The highest BCUT2D eigenvalue weighted by Gasteiger charge is 2.27. The Morgan fingerprint density at radius 2 is 2.43 bits per heavy atom. The zero-order valence-electron chi connectivity index (χ0n) is 12.3. The SMILES string of the molecule is CCC[C@H](N)C(=O)N1CCC[C@H](Oc2ccc(Cl)cn2)C1. The topological polar surface area (TPSA) is 68.5 Å². The predicted octanol–water partition coefficient (Wildman–Crippen LogP) is 2.23. The van der Waals surface area contributed by atoms with Gasteiger partial charge in [0, 0.05) is 18.8 Å². The number of pyridine rings is 1. The molecule has 5 nitrogen and oxygen atoms in total. The summed E-state index contributed by atoms with van der Waals surface area (Å²) < 4.78 is 5.83. The van der Waals surface area contributed by atoms with Crippen molar-refractivity contribution in [2.75, 3.05) is 13.1 Å². The predicted molar refractivity (Wildman–Crippen MR) is 82.4 cm³/mol. The Hall–Kier alpha value is -1.33.